The average Bonchev–Trinajstić information content (AvgIpc) is 3.48. The zero-order chi connectivity index (χ0) is 27.2. The molecule has 1 atom stereocenters. The number of hydrogen-bond acceptors (Lipinski definition) is 6. The van der Waals surface area contributed by atoms with Gasteiger partial charge in [0, 0.05) is 5.56 Å². The summed E-state index contributed by atoms with van der Waals surface area (Å²) >= 11 is 0. The lowest BCUT2D eigenvalue weighted by Gasteiger charge is -2.17. The Morgan fingerprint density at radius 1 is 0.795 bits per heavy atom. The highest BCUT2D eigenvalue weighted by molar-refractivity contribution is 7.89. The Balaban J connectivity index is 1.30. The molecule has 9 nitrogen and oxygen atoms in total. The highest BCUT2D eigenvalue weighted by Crippen LogP contribution is 2.24. The third-order valence-corrected chi connectivity index (χ3v) is 7.69. The van der Waals surface area contributed by atoms with E-state index in [2.05, 4.69) is 27.2 Å². The summed E-state index contributed by atoms with van der Waals surface area (Å²) in [6, 6.07) is 31.8. The summed E-state index contributed by atoms with van der Waals surface area (Å²) in [5.41, 5.74) is 6.68. The summed E-state index contributed by atoms with van der Waals surface area (Å²) in [6.45, 7) is 0. The third kappa shape index (κ3) is 6.10. The van der Waals surface area contributed by atoms with Gasteiger partial charge in [-0.2, -0.15) is 4.72 Å². The lowest BCUT2D eigenvalue weighted by atomic mass is 10.0. The van der Waals surface area contributed by atoms with Crippen LogP contribution in [0.4, 0.5) is 0 Å². The van der Waals surface area contributed by atoms with Crippen molar-refractivity contribution in [3.05, 3.63) is 121 Å². The zero-order valence-electron chi connectivity index (χ0n) is 20.7. The summed E-state index contributed by atoms with van der Waals surface area (Å²) in [4.78, 5) is 12.1. The van der Waals surface area contributed by atoms with Gasteiger partial charge in [-0.3, -0.25) is 10.0 Å². The Labute approximate surface area is 225 Å². The topological polar surface area (TPSA) is 126 Å². The Hall–Kier alpha value is -4.64. The number of nitrogens with zero attached hydrogens (tertiary/aromatic N) is 3. The molecule has 3 N–H and O–H groups in total. The Kier molecular flexibility index (Phi) is 7.60. The van der Waals surface area contributed by atoms with Crippen LogP contribution in [0, 0.1) is 0 Å². The van der Waals surface area contributed by atoms with Crippen LogP contribution >= 0.6 is 0 Å². The SMILES string of the molecule is O=C(NO)[C@@H](Cc1ccccc1)NS(=O)(=O)c1ccc(-n2cc(-c3ccc(-c4ccccc4)cc3)nn2)cc1. The summed E-state index contributed by atoms with van der Waals surface area (Å²) in [7, 11) is -4.07. The number of hydrogen-bond donors (Lipinski definition) is 3. The highest BCUT2D eigenvalue weighted by Gasteiger charge is 2.26. The molecule has 39 heavy (non-hydrogen) atoms. The van der Waals surface area contributed by atoms with Crippen molar-refractivity contribution in [1.82, 2.24) is 25.2 Å². The van der Waals surface area contributed by atoms with E-state index in [0.29, 0.717) is 11.4 Å². The molecule has 1 aromatic heterocycles. The highest BCUT2D eigenvalue weighted by atomic mass is 32.2. The van der Waals surface area contributed by atoms with Crippen molar-refractivity contribution >= 4 is 15.9 Å². The van der Waals surface area contributed by atoms with Gasteiger partial charge in [-0.25, -0.2) is 18.6 Å². The molecule has 1 heterocycles. The minimum absolute atomic E-state index is 0.0353. The second-order valence-electron chi connectivity index (χ2n) is 8.83. The van der Waals surface area contributed by atoms with E-state index in [9.17, 15) is 13.2 Å². The Bertz CT molecular complexity index is 1650. The fourth-order valence-corrected chi connectivity index (χ4v) is 5.33. The van der Waals surface area contributed by atoms with Crippen molar-refractivity contribution in [2.75, 3.05) is 0 Å². The summed E-state index contributed by atoms with van der Waals surface area (Å²) in [6.07, 6.45) is 1.83. The minimum atomic E-state index is -4.07. The van der Waals surface area contributed by atoms with E-state index in [1.807, 2.05) is 48.5 Å². The molecular formula is C29H25N5O4S. The van der Waals surface area contributed by atoms with Gasteiger partial charge < -0.3 is 0 Å². The molecule has 0 aliphatic carbocycles. The lowest BCUT2D eigenvalue weighted by Crippen LogP contribution is -2.47. The molecule has 0 spiro atoms. The number of nitrogens with one attached hydrogen (secondary N) is 2. The molecule has 1 amide bonds. The van der Waals surface area contributed by atoms with Crippen LogP contribution in [0.3, 0.4) is 0 Å². The molecule has 5 rings (SSSR count). The second-order valence-corrected chi connectivity index (χ2v) is 10.5. The van der Waals surface area contributed by atoms with E-state index in [1.54, 1.807) is 47.3 Å². The smallest absolute Gasteiger partial charge is 0.261 e. The molecule has 0 radical (unpaired) electrons. The van der Waals surface area contributed by atoms with E-state index < -0.39 is 22.0 Å². The molecule has 10 heteroatoms. The van der Waals surface area contributed by atoms with Crippen LogP contribution in [0.1, 0.15) is 5.56 Å². The maximum absolute atomic E-state index is 13.0. The van der Waals surface area contributed by atoms with Crippen molar-refractivity contribution in [2.24, 2.45) is 0 Å². The lowest BCUT2D eigenvalue weighted by molar-refractivity contribution is -0.130. The van der Waals surface area contributed by atoms with E-state index >= 15 is 0 Å². The van der Waals surface area contributed by atoms with Gasteiger partial charge in [0.25, 0.3) is 5.91 Å². The van der Waals surface area contributed by atoms with Gasteiger partial charge in [0.2, 0.25) is 10.0 Å². The predicted molar refractivity (Wildman–Crippen MR) is 146 cm³/mol. The van der Waals surface area contributed by atoms with Crippen LogP contribution in [-0.2, 0) is 21.2 Å². The summed E-state index contributed by atoms with van der Waals surface area (Å²) in [5.74, 6) is -0.856. The fraction of sp³-hybridized carbons (Fsp3) is 0.0690. The molecule has 0 fully saturated rings. The monoisotopic (exact) mass is 539 g/mol. The van der Waals surface area contributed by atoms with Crippen molar-refractivity contribution in [3.8, 4) is 28.1 Å². The van der Waals surface area contributed by atoms with E-state index in [0.717, 1.165) is 22.3 Å². The predicted octanol–water partition coefficient (Wildman–Crippen LogP) is 4.00. The molecule has 0 aliphatic heterocycles. The molecule has 4 aromatic carbocycles. The molecule has 0 unspecified atom stereocenters. The first-order valence-electron chi connectivity index (χ1n) is 12.1. The largest absolute Gasteiger partial charge is 0.289 e. The number of hydroxylamine groups is 1. The maximum Gasteiger partial charge on any atom is 0.261 e. The number of amides is 1. The first-order valence-corrected chi connectivity index (χ1v) is 13.6. The molecular weight excluding hydrogens is 514 g/mol. The molecule has 0 saturated carbocycles. The van der Waals surface area contributed by atoms with Crippen LogP contribution in [-0.4, -0.2) is 40.6 Å². The van der Waals surface area contributed by atoms with Gasteiger partial charge in [-0.1, -0.05) is 90.1 Å². The van der Waals surface area contributed by atoms with Gasteiger partial charge in [-0.05, 0) is 47.4 Å². The van der Waals surface area contributed by atoms with Gasteiger partial charge in [0.15, 0.2) is 0 Å². The second kappa shape index (κ2) is 11.4. The van der Waals surface area contributed by atoms with Crippen LogP contribution in [0.2, 0.25) is 0 Å². The van der Waals surface area contributed by atoms with Gasteiger partial charge in [-0.15, -0.1) is 5.10 Å². The van der Waals surface area contributed by atoms with Crippen molar-refractivity contribution in [1.29, 1.82) is 0 Å². The third-order valence-electron chi connectivity index (χ3n) is 6.20. The molecule has 196 valence electrons. The quantitative estimate of drug-likeness (QED) is 0.192. The molecule has 0 bridgehead atoms. The van der Waals surface area contributed by atoms with Crippen molar-refractivity contribution in [3.63, 3.8) is 0 Å². The molecule has 0 aliphatic rings. The van der Waals surface area contributed by atoms with Crippen molar-refractivity contribution in [2.45, 2.75) is 17.4 Å². The van der Waals surface area contributed by atoms with E-state index in [4.69, 9.17) is 5.21 Å². The van der Waals surface area contributed by atoms with E-state index in [-0.39, 0.29) is 11.3 Å². The molecule has 0 saturated heterocycles. The average molecular weight is 540 g/mol. The van der Waals surface area contributed by atoms with Crippen molar-refractivity contribution < 1.29 is 18.4 Å². The number of carbonyl (C=O) groups is 1. The fourth-order valence-electron chi connectivity index (χ4n) is 4.14. The summed E-state index contributed by atoms with van der Waals surface area (Å²) in [5, 5.41) is 17.6. The van der Waals surface area contributed by atoms with Crippen LogP contribution in [0.5, 0.6) is 0 Å². The summed E-state index contributed by atoms with van der Waals surface area (Å²) < 4.78 is 30.0. The maximum atomic E-state index is 13.0. The van der Waals surface area contributed by atoms with Crippen LogP contribution in [0.15, 0.2) is 120 Å². The standard InChI is InChI=1S/C29H25N5O4S/c35-29(31-36)27(19-21-7-3-1-4-8-21)32-39(37,38)26-17-15-25(16-18-26)34-20-28(30-33-34)24-13-11-23(12-14-24)22-9-5-2-6-10-22/h1-18,20,27,32,36H,19H2,(H,31,35)/t27-/m1/s1. The number of carbonyl (C=O) groups excluding carboxylic acids is 1. The van der Waals surface area contributed by atoms with Gasteiger partial charge in [0.1, 0.15) is 11.7 Å². The van der Waals surface area contributed by atoms with Crippen LogP contribution in [0.25, 0.3) is 28.1 Å². The number of benzene rings is 4. The number of sulfonamides is 1. The Morgan fingerprint density at radius 2 is 1.38 bits per heavy atom. The van der Waals surface area contributed by atoms with Gasteiger partial charge in [0.05, 0.1) is 16.8 Å². The van der Waals surface area contributed by atoms with Crippen LogP contribution < -0.4 is 10.2 Å². The minimum Gasteiger partial charge on any atom is -0.289 e. The first kappa shape index (κ1) is 26.0. The number of rotatable bonds is 9. The first-order chi connectivity index (χ1) is 18.9. The number of aromatic nitrogens is 3. The normalized spacial score (nSPS) is 12.1. The zero-order valence-corrected chi connectivity index (χ0v) is 21.5. The molecule has 5 aromatic rings. The Morgan fingerprint density at radius 3 is 2.03 bits per heavy atom. The van der Waals surface area contributed by atoms with Gasteiger partial charge >= 0.3 is 0 Å². The van der Waals surface area contributed by atoms with E-state index in [1.165, 1.54) is 17.6 Å².